The predicted molar refractivity (Wildman–Crippen MR) is 253 cm³/mol. The molecule has 1 aliphatic heterocycles. The summed E-state index contributed by atoms with van der Waals surface area (Å²) in [5.74, 6) is -2.04. The first-order valence-corrected chi connectivity index (χ1v) is 22.4. The monoisotopic (exact) mass is 917 g/mol. The van der Waals surface area contributed by atoms with E-state index < -0.39 is 53.7 Å². The standard InChI is InChI=1S/C49H63N11O7/c1-29-37(28-55-43(56-29)32-10-13-34(14-11-32)49(3,4)5)45(62)58-38(17-20-52)48(65)60(6)42-33-12-16-41(67-24-8-19-51)36(27-33)35-25-31(9-15-40(35)66-23-7-18-50)26-39(46(63)54-22-21-53)59-44(61)30(2)57-47(42)64/h9-16,25,27-28,30,38-39,42H,7-8,17-20,22-24,26,50-52H2,1-6H3,(H,54,63)(H,57,64)(H,58,62)(H,59,61)/t30-,38-,39-,42-/m0/s1. The van der Waals surface area contributed by atoms with Gasteiger partial charge >= 0.3 is 0 Å². The molecule has 1 aliphatic rings. The minimum absolute atomic E-state index is 0.00292. The van der Waals surface area contributed by atoms with Crippen LogP contribution in [0.15, 0.2) is 66.9 Å². The highest BCUT2D eigenvalue weighted by molar-refractivity contribution is 6.00. The summed E-state index contributed by atoms with van der Waals surface area (Å²) in [7, 11) is 1.42. The molecule has 1 aromatic heterocycles. The summed E-state index contributed by atoms with van der Waals surface area (Å²) in [4.78, 5) is 80.7. The molecule has 4 aromatic rings. The highest BCUT2D eigenvalue weighted by Gasteiger charge is 2.36. The summed E-state index contributed by atoms with van der Waals surface area (Å²) >= 11 is 0. The van der Waals surface area contributed by atoms with Gasteiger partial charge in [0.25, 0.3) is 5.91 Å². The van der Waals surface area contributed by atoms with Crippen LogP contribution in [-0.4, -0.2) is 109 Å². The Kier molecular flexibility index (Phi) is 17.9. The molecule has 0 saturated carbocycles. The molecule has 0 aliphatic carbocycles. The molecule has 4 bridgehead atoms. The van der Waals surface area contributed by atoms with E-state index in [4.69, 9.17) is 26.7 Å². The molecule has 67 heavy (non-hydrogen) atoms. The Morgan fingerprint density at radius 2 is 1.55 bits per heavy atom. The fourth-order valence-electron chi connectivity index (χ4n) is 7.51. The molecule has 5 amide bonds. The van der Waals surface area contributed by atoms with Gasteiger partial charge in [0.15, 0.2) is 5.82 Å². The molecule has 0 radical (unpaired) electrons. The van der Waals surface area contributed by atoms with Gasteiger partial charge in [-0.3, -0.25) is 24.0 Å². The number of carbonyl (C=O) groups excluding carboxylic acids is 5. The number of nitriles is 1. The second kappa shape index (κ2) is 23.5. The summed E-state index contributed by atoms with van der Waals surface area (Å²) in [5, 5.41) is 20.0. The van der Waals surface area contributed by atoms with E-state index in [0.717, 1.165) is 11.1 Å². The number of aryl methyl sites for hydroxylation is 1. The van der Waals surface area contributed by atoms with Crippen molar-refractivity contribution in [3.63, 3.8) is 0 Å². The second-order valence-electron chi connectivity index (χ2n) is 17.4. The third-order valence-corrected chi connectivity index (χ3v) is 11.3. The van der Waals surface area contributed by atoms with Gasteiger partial charge in [-0.05, 0) is 99.1 Å². The maximum Gasteiger partial charge on any atom is 0.255 e. The number of fused-ring (bicyclic) bond motifs is 5. The van der Waals surface area contributed by atoms with E-state index in [0.29, 0.717) is 71.2 Å². The number of nitrogens with two attached hydrogens (primary N) is 3. The second-order valence-corrected chi connectivity index (χ2v) is 17.4. The number of hydrogen-bond donors (Lipinski definition) is 7. The van der Waals surface area contributed by atoms with Gasteiger partial charge in [-0.25, -0.2) is 9.97 Å². The minimum Gasteiger partial charge on any atom is -0.493 e. The summed E-state index contributed by atoms with van der Waals surface area (Å²) in [5.41, 5.74) is 22.0. The Balaban J connectivity index is 1.57. The fraction of sp³-hybridized carbons (Fsp3) is 0.429. The van der Waals surface area contributed by atoms with Gasteiger partial charge in [0.2, 0.25) is 23.6 Å². The smallest absolute Gasteiger partial charge is 0.255 e. The van der Waals surface area contributed by atoms with Crippen LogP contribution in [0.25, 0.3) is 22.5 Å². The van der Waals surface area contributed by atoms with E-state index in [9.17, 15) is 29.2 Å². The number of rotatable bonds is 17. The van der Waals surface area contributed by atoms with E-state index in [2.05, 4.69) is 52.0 Å². The third kappa shape index (κ3) is 13.1. The molecule has 4 atom stereocenters. The Hall–Kier alpha value is -6.94. The largest absolute Gasteiger partial charge is 0.493 e. The van der Waals surface area contributed by atoms with Crippen molar-refractivity contribution in [3.05, 3.63) is 94.8 Å². The van der Waals surface area contributed by atoms with Gasteiger partial charge in [-0.1, -0.05) is 57.2 Å². The number of hydrogen-bond acceptors (Lipinski definition) is 13. The molecule has 0 saturated heterocycles. The molecule has 5 rings (SSSR count). The Morgan fingerprint density at radius 1 is 0.910 bits per heavy atom. The van der Waals surface area contributed by atoms with Crippen molar-refractivity contribution in [2.45, 2.75) is 89.9 Å². The van der Waals surface area contributed by atoms with Crippen LogP contribution in [0.4, 0.5) is 0 Å². The molecule has 0 spiro atoms. The molecule has 0 unspecified atom stereocenters. The van der Waals surface area contributed by atoms with Crippen LogP contribution in [0.1, 0.15) is 85.7 Å². The Morgan fingerprint density at radius 3 is 2.15 bits per heavy atom. The van der Waals surface area contributed by atoms with Crippen LogP contribution in [-0.2, 0) is 31.0 Å². The van der Waals surface area contributed by atoms with Crippen molar-refractivity contribution in [3.8, 4) is 40.1 Å². The average Bonchev–Trinajstić information content (AvgIpc) is 3.30. The van der Waals surface area contributed by atoms with Gasteiger partial charge in [-0.2, -0.15) is 5.26 Å². The first-order chi connectivity index (χ1) is 32.0. The zero-order valence-corrected chi connectivity index (χ0v) is 39.1. The summed E-state index contributed by atoms with van der Waals surface area (Å²) in [6.45, 7) is 10.5. The molecule has 0 fully saturated rings. The van der Waals surface area contributed by atoms with Gasteiger partial charge in [-0.15, -0.1) is 0 Å². The third-order valence-electron chi connectivity index (χ3n) is 11.3. The minimum atomic E-state index is -1.40. The number of benzene rings is 3. The molecular formula is C49H63N11O7. The molecule has 18 heteroatoms. The number of amides is 5. The Labute approximate surface area is 391 Å². The van der Waals surface area contributed by atoms with Crippen molar-refractivity contribution in [2.75, 3.05) is 46.4 Å². The number of carbonyl (C=O) groups is 5. The molecule has 10 N–H and O–H groups in total. The van der Waals surface area contributed by atoms with Crippen LogP contribution in [0.5, 0.6) is 11.5 Å². The van der Waals surface area contributed by atoms with Gasteiger partial charge in [0.05, 0.1) is 30.5 Å². The molecule has 3 aromatic carbocycles. The maximum absolute atomic E-state index is 14.7. The lowest BCUT2D eigenvalue weighted by Crippen LogP contribution is -2.56. The van der Waals surface area contributed by atoms with E-state index in [1.165, 1.54) is 25.1 Å². The molecular weight excluding hydrogens is 855 g/mol. The van der Waals surface area contributed by atoms with Crippen LogP contribution in [0, 0.1) is 18.3 Å². The number of aromatic nitrogens is 2. The van der Waals surface area contributed by atoms with Crippen LogP contribution in [0.3, 0.4) is 0 Å². The summed E-state index contributed by atoms with van der Waals surface area (Å²) < 4.78 is 12.5. The van der Waals surface area contributed by atoms with Gasteiger partial charge in [0, 0.05) is 36.4 Å². The molecule has 2 heterocycles. The number of ether oxygens (including phenoxy) is 2. The number of likely N-dealkylation sites (N-methyl/N-ethyl adjacent to an activating group) is 1. The van der Waals surface area contributed by atoms with Crippen molar-refractivity contribution in [1.82, 2.24) is 36.1 Å². The Bertz CT molecular complexity index is 2450. The van der Waals surface area contributed by atoms with Crippen molar-refractivity contribution in [2.24, 2.45) is 17.2 Å². The zero-order valence-electron chi connectivity index (χ0n) is 39.1. The van der Waals surface area contributed by atoms with Crippen molar-refractivity contribution in [1.29, 1.82) is 5.26 Å². The van der Waals surface area contributed by atoms with E-state index in [1.807, 2.05) is 30.3 Å². The summed E-state index contributed by atoms with van der Waals surface area (Å²) in [6.07, 6.45) is 2.51. The lowest BCUT2D eigenvalue weighted by atomic mass is 9.87. The maximum atomic E-state index is 14.7. The first-order valence-electron chi connectivity index (χ1n) is 22.4. The summed E-state index contributed by atoms with van der Waals surface area (Å²) in [6, 6.07) is 15.2. The fourth-order valence-corrected chi connectivity index (χ4v) is 7.51. The highest BCUT2D eigenvalue weighted by Crippen LogP contribution is 2.40. The van der Waals surface area contributed by atoms with Crippen LogP contribution < -0.4 is 47.9 Å². The lowest BCUT2D eigenvalue weighted by molar-refractivity contribution is -0.141. The normalized spacial score (nSPS) is 16.6. The van der Waals surface area contributed by atoms with Crippen LogP contribution >= 0.6 is 0 Å². The highest BCUT2D eigenvalue weighted by atomic mass is 16.5. The zero-order chi connectivity index (χ0) is 48.8. The predicted octanol–water partition coefficient (Wildman–Crippen LogP) is 2.70. The van der Waals surface area contributed by atoms with Crippen LogP contribution in [0.2, 0.25) is 0 Å². The van der Waals surface area contributed by atoms with E-state index in [1.54, 1.807) is 43.3 Å². The average molecular weight is 918 g/mol. The van der Waals surface area contributed by atoms with Gasteiger partial charge in [0.1, 0.15) is 42.2 Å². The SMILES string of the molecule is Cc1nc(-c2ccc(C(C)(C)C)cc2)ncc1C(=O)N[C@@H](CCN)C(=O)N(C)[C@@H]1C(=O)N[C@@H](C)C(=O)N[C@H](C(=O)NCC#N)Cc2ccc(OCCCN)c(c2)-c2cc1ccc2OCCCN. The topological polar surface area (TPSA) is 283 Å². The van der Waals surface area contributed by atoms with Crippen molar-refractivity contribution < 1.29 is 33.4 Å². The molecule has 18 nitrogen and oxygen atoms in total. The lowest BCUT2D eigenvalue weighted by Gasteiger charge is -2.32. The first kappa shape index (κ1) is 51.1. The number of nitrogens with zero attached hydrogens (tertiary/aromatic N) is 4. The van der Waals surface area contributed by atoms with Crippen molar-refractivity contribution >= 4 is 29.5 Å². The number of nitrogens with one attached hydrogen (secondary N) is 4. The van der Waals surface area contributed by atoms with Gasteiger partial charge < -0.3 is 52.8 Å². The molecule has 356 valence electrons. The van der Waals surface area contributed by atoms with E-state index in [-0.39, 0.29) is 50.1 Å². The quantitative estimate of drug-likeness (QED) is 0.0594. The van der Waals surface area contributed by atoms with E-state index >= 15 is 0 Å².